The second-order valence-corrected chi connectivity index (χ2v) is 13.1. The van der Waals surface area contributed by atoms with E-state index in [0.717, 1.165) is 30.6 Å². The number of thiazole rings is 1. The summed E-state index contributed by atoms with van der Waals surface area (Å²) >= 11 is 21.2. The molecule has 3 aliphatic heterocycles. The van der Waals surface area contributed by atoms with Crippen LogP contribution in [0.3, 0.4) is 0 Å². The van der Waals surface area contributed by atoms with Crippen molar-refractivity contribution in [2.75, 3.05) is 18.0 Å². The van der Waals surface area contributed by atoms with Crippen LogP contribution in [0.15, 0.2) is 52.3 Å². The summed E-state index contributed by atoms with van der Waals surface area (Å²) in [5, 5.41) is 0.771. The quantitative estimate of drug-likeness (QED) is 0.350. The number of nitrogens with zero attached hydrogens (tertiary/aromatic N) is 3. The van der Waals surface area contributed by atoms with Gasteiger partial charge in [-0.05, 0) is 55.2 Å². The highest BCUT2D eigenvalue weighted by Gasteiger charge is 2.57. The van der Waals surface area contributed by atoms with E-state index in [1.807, 2.05) is 0 Å². The fourth-order valence-electron chi connectivity index (χ4n) is 5.57. The van der Waals surface area contributed by atoms with Gasteiger partial charge >= 0.3 is 4.87 Å². The summed E-state index contributed by atoms with van der Waals surface area (Å²) < 4.78 is 1.45. The Hall–Kier alpha value is -2.30. The third kappa shape index (κ3) is 4.62. The lowest BCUT2D eigenvalue weighted by Gasteiger charge is -2.31. The number of halogens is 3. The van der Waals surface area contributed by atoms with Crippen LogP contribution in [0.4, 0.5) is 5.69 Å². The molecule has 0 N–H and O–H groups in total. The number of likely N-dealkylation sites (tertiary alicyclic amines) is 1. The normalized spacial score (nSPS) is 22.7. The molecule has 39 heavy (non-hydrogen) atoms. The van der Waals surface area contributed by atoms with Crippen LogP contribution in [0.25, 0.3) is 0 Å². The number of aromatic nitrogens is 1. The molecule has 3 aromatic rings. The van der Waals surface area contributed by atoms with E-state index in [1.165, 1.54) is 21.2 Å². The summed E-state index contributed by atoms with van der Waals surface area (Å²) in [7, 11) is 0. The van der Waals surface area contributed by atoms with Crippen LogP contribution in [0, 0.1) is 5.92 Å². The zero-order chi connectivity index (χ0) is 27.4. The number of carbonyl (C=O) groups excluding carboxylic acids is 3. The number of carbonyl (C=O) groups is 3. The number of hydrogen-bond donors (Lipinski definition) is 0. The second kappa shape index (κ2) is 10.6. The number of anilines is 1. The van der Waals surface area contributed by atoms with Crippen molar-refractivity contribution < 1.29 is 14.4 Å². The predicted molar refractivity (Wildman–Crippen MR) is 154 cm³/mol. The number of imide groups is 1. The number of thioether (sulfide) groups is 1. The topological polar surface area (TPSA) is 79.7 Å². The molecular weight excluding hydrogens is 601 g/mol. The molecule has 1 aromatic heterocycles. The first-order chi connectivity index (χ1) is 18.8. The average Bonchev–Trinajstić information content (AvgIpc) is 3.38. The number of amides is 3. The third-order valence-corrected chi connectivity index (χ3v) is 11.1. The van der Waals surface area contributed by atoms with E-state index in [2.05, 4.69) is 0 Å². The van der Waals surface area contributed by atoms with Crippen LogP contribution in [0.2, 0.25) is 15.1 Å². The van der Waals surface area contributed by atoms with Gasteiger partial charge in [-0.25, -0.2) is 4.90 Å². The molecule has 2 aromatic carbocycles. The number of fused-ring (bicyclic) bond motifs is 2. The Labute approximate surface area is 247 Å². The summed E-state index contributed by atoms with van der Waals surface area (Å²) in [5.74, 6) is -2.41. The fraction of sp³-hybridized carbons (Fsp3) is 0.333. The minimum Gasteiger partial charge on any atom is -0.341 e. The van der Waals surface area contributed by atoms with Gasteiger partial charge in [-0.1, -0.05) is 70.0 Å². The van der Waals surface area contributed by atoms with Gasteiger partial charge in [0.1, 0.15) is 11.8 Å². The van der Waals surface area contributed by atoms with Crippen molar-refractivity contribution in [1.29, 1.82) is 0 Å². The van der Waals surface area contributed by atoms with Crippen LogP contribution < -0.4 is 9.77 Å². The Bertz CT molecular complexity index is 1550. The van der Waals surface area contributed by atoms with Crippen molar-refractivity contribution in [2.24, 2.45) is 5.92 Å². The lowest BCUT2D eigenvalue weighted by atomic mass is 9.83. The van der Waals surface area contributed by atoms with Crippen molar-refractivity contribution in [3.05, 3.63) is 77.6 Å². The van der Waals surface area contributed by atoms with E-state index in [9.17, 15) is 19.2 Å². The van der Waals surface area contributed by atoms with E-state index in [4.69, 9.17) is 34.8 Å². The zero-order valence-corrected chi connectivity index (χ0v) is 24.3. The molecular formula is C27H22Cl3N3O4S2. The Morgan fingerprint density at radius 1 is 0.923 bits per heavy atom. The average molecular weight is 623 g/mol. The van der Waals surface area contributed by atoms with Crippen LogP contribution in [0.1, 0.15) is 35.6 Å². The molecule has 7 nitrogen and oxygen atoms in total. The fourth-order valence-corrected chi connectivity index (χ4v) is 8.89. The van der Waals surface area contributed by atoms with Crippen molar-refractivity contribution in [1.82, 2.24) is 9.47 Å². The minimum absolute atomic E-state index is 0.117. The summed E-state index contributed by atoms with van der Waals surface area (Å²) in [6, 6.07) is 11.7. The molecule has 202 valence electrons. The van der Waals surface area contributed by atoms with E-state index >= 15 is 0 Å². The Morgan fingerprint density at radius 2 is 1.64 bits per heavy atom. The molecule has 2 saturated heterocycles. The summed E-state index contributed by atoms with van der Waals surface area (Å²) in [5.41, 5.74) is 0.983. The van der Waals surface area contributed by atoms with Gasteiger partial charge in [0.15, 0.2) is 0 Å². The van der Waals surface area contributed by atoms with Crippen molar-refractivity contribution in [3.8, 4) is 0 Å². The van der Waals surface area contributed by atoms with Crippen LogP contribution in [-0.4, -0.2) is 45.5 Å². The van der Waals surface area contributed by atoms with E-state index in [0.29, 0.717) is 44.3 Å². The highest BCUT2D eigenvalue weighted by Crippen LogP contribution is 2.55. The van der Waals surface area contributed by atoms with Crippen LogP contribution in [0.5, 0.6) is 0 Å². The molecule has 3 aliphatic rings. The van der Waals surface area contributed by atoms with Gasteiger partial charge in [-0.3, -0.25) is 23.7 Å². The first-order valence-corrected chi connectivity index (χ1v) is 15.3. The van der Waals surface area contributed by atoms with Gasteiger partial charge in [0.05, 0.1) is 26.7 Å². The molecule has 0 saturated carbocycles. The zero-order valence-electron chi connectivity index (χ0n) is 20.4. The number of rotatable bonds is 4. The number of benzene rings is 2. The molecule has 6 rings (SSSR count). The lowest BCUT2D eigenvalue weighted by Crippen LogP contribution is -2.39. The van der Waals surface area contributed by atoms with Gasteiger partial charge in [0.25, 0.3) is 0 Å². The van der Waals surface area contributed by atoms with Gasteiger partial charge in [0.2, 0.25) is 17.7 Å². The first kappa shape index (κ1) is 26.9. The summed E-state index contributed by atoms with van der Waals surface area (Å²) in [4.78, 5) is 57.5. The smallest absolute Gasteiger partial charge is 0.308 e. The molecule has 2 unspecified atom stereocenters. The second-order valence-electron chi connectivity index (χ2n) is 9.74. The first-order valence-electron chi connectivity index (χ1n) is 12.5. The number of piperidine rings is 1. The lowest BCUT2D eigenvalue weighted by molar-refractivity contribution is -0.133. The highest BCUT2D eigenvalue weighted by atomic mass is 35.5. The third-order valence-electron chi connectivity index (χ3n) is 7.45. The Kier molecular flexibility index (Phi) is 7.31. The van der Waals surface area contributed by atoms with Gasteiger partial charge < -0.3 is 4.90 Å². The molecule has 0 radical (unpaired) electrons. The molecule has 3 amide bonds. The molecule has 0 aliphatic carbocycles. The van der Waals surface area contributed by atoms with E-state index in [1.54, 1.807) is 47.4 Å². The summed E-state index contributed by atoms with van der Waals surface area (Å²) in [6.45, 7) is 1.22. The van der Waals surface area contributed by atoms with Gasteiger partial charge in [-0.15, -0.1) is 0 Å². The maximum Gasteiger partial charge on any atom is 0.308 e. The SMILES string of the molecule is O=C(Cn1c2c(sc1=O)[C@H](c1cccc(Cl)c1Cl)C1C(=O)N(c3ccc(Cl)cc3)C(=O)C1S2)N1CCCCC1. The standard InChI is InChI=1S/C27H22Cl3N3O4S2/c28-14-7-9-15(10-8-14)33-24(35)20-19(16-5-4-6-17(29)21(16)30)23-26(38-22(20)25(33)36)32(27(37)39-23)13-18(34)31-11-2-1-3-12-31/h4-10,19-20,22H,1-3,11-13H2/t19-,20?,22?/m1/s1. The van der Waals surface area contributed by atoms with Crippen molar-refractivity contribution in [2.45, 2.75) is 42.0 Å². The number of hydrogen-bond acceptors (Lipinski definition) is 6. The maximum absolute atomic E-state index is 13.9. The molecule has 0 spiro atoms. The Balaban J connectivity index is 1.46. The van der Waals surface area contributed by atoms with Gasteiger partial charge in [0, 0.05) is 28.9 Å². The minimum atomic E-state index is -0.814. The van der Waals surface area contributed by atoms with Gasteiger partial charge in [-0.2, -0.15) is 0 Å². The van der Waals surface area contributed by atoms with E-state index < -0.39 is 23.0 Å². The molecule has 3 atom stereocenters. The van der Waals surface area contributed by atoms with Crippen LogP contribution in [-0.2, 0) is 20.9 Å². The molecule has 2 fully saturated rings. The van der Waals surface area contributed by atoms with Crippen molar-refractivity contribution in [3.63, 3.8) is 0 Å². The Morgan fingerprint density at radius 3 is 2.36 bits per heavy atom. The highest BCUT2D eigenvalue weighted by molar-refractivity contribution is 8.00. The largest absolute Gasteiger partial charge is 0.341 e. The van der Waals surface area contributed by atoms with Crippen molar-refractivity contribution >= 4 is 81.3 Å². The van der Waals surface area contributed by atoms with E-state index in [-0.39, 0.29) is 28.3 Å². The predicted octanol–water partition coefficient (Wildman–Crippen LogP) is 5.68. The van der Waals surface area contributed by atoms with Crippen LogP contribution >= 0.6 is 57.9 Å². The summed E-state index contributed by atoms with van der Waals surface area (Å²) in [6.07, 6.45) is 2.96. The maximum atomic E-state index is 13.9. The molecule has 0 bridgehead atoms. The monoisotopic (exact) mass is 621 g/mol. The molecule has 4 heterocycles. The molecule has 12 heteroatoms.